The lowest BCUT2D eigenvalue weighted by Gasteiger charge is -2.36. The van der Waals surface area contributed by atoms with Crippen LogP contribution < -0.4 is 5.69 Å². The van der Waals surface area contributed by atoms with E-state index in [4.69, 9.17) is 8.95 Å². The Bertz CT molecular complexity index is 1800. The predicted octanol–water partition coefficient (Wildman–Crippen LogP) is 6.25. The molecule has 1 fully saturated rings. The lowest BCUT2D eigenvalue weighted by atomic mass is 10.2. The third-order valence-electron chi connectivity index (χ3n) is 8.22. The van der Waals surface area contributed by atoms with Crippen molar-refractivity contribution in [3.05, 3.63) is 55.6 Å². The van der Waals surface area contributed by atoms with E-state index < -0.39 is 40.4 Å². The molecule has 0 bridgehead atoms. The highest BCUT2D eigenvalue weighted by Gasteiger charge is 2.56. The molecular formula is C26H30F2IN3O5SSi. The van der Waals surface area contributed by atoms with Gasteiger partial charge in [0, 0.05) is 15.6 Å². The van der Waals surface area contributed by atoms with Crippen molar-refractivity contribution in [2.75, 3.05) is 6.61 Å². The van der Waals surface area contributed by atoms with E-state index in [1.807, 2.05) is 22.6 Å². The Morgan fingerprint density at radius 1 is 1.21 bits per heavy atom. The molecule has 2 heterocycles. The minimum absolute atomic E-state index is 0.0517. The van der Waals surface area contributed by atoms with E-state index in [9.17, 15) is 13.2 Å². The number of halogens is 3. The van der Waals surface area contributed by atoms with Gasteiger partial charge in [-0.2, -0.15) is 3.97 Å². The van der Waals surface area contributed by atoms with Crippen LogP contribution in [-0.2, 0) is 14.4 Å². The number of benzene rings is 2. The number of aryl methyl sites for hydroxylation is 1. The second-order valence-electron chi connectivity index (χ2n) is 11.7. The first-order valence-electron chi connectivity index (χ1n) is 12.6. The Labute approximate surface area is 239 Å². The van der Waals surface area contributed by atoms with Crippen molar-refractivity contribution in [3.8, 4) is 5.69 Å². The molecule has 0 saturated heterocycles. The molecule has 0 unspecified atom stereocenters. The summed E-state index contributed by atoms with van der Waals surface area (Å²) >= 11 is 1.91. The van der Waals surface area contributed by atoms with Crippen LogP contribution in [0.2, 0.25) is 18.1 Å². The van der Waals surface area contributed by atoms with Gasteiger partial charge in [-0.05, 0) is 91.2 Å². The highest BCUT2D eigenvalue weighted by molar-refractivity contribution is 14.1. The molecule has 210 valence electrons. The van der Waals surface area contributed by atoms with Gasteiger partial charge in [0.05, 0.1) is 21.6 Å². The lowest BCUT2D eigenvalue weighted by Crippen LogP contribution is -2.42. The maximum Gasteiger partial charge on any atom is 0.347 e. The largest absolute Gasteiger partial charge is 0.417 e. The summed E-state index contributed by atoms with van der Waals surface area (Å²) in [5, 5.41) is 3.98. The standard InChI is InChI=1S/C26H30F2IN3O5SSi/c1-15-17-14-20-22(21(28)23(17)37-30-15)31(19-8-7-16(29)13-18(19)27)24(33)32(20)38(34,35)26(9-10-26)11-12-36-39(5,6)25(2,3)4/h7-8,13-14H,9-12H2,1-6H3. The van der Waals surface area contributed by atoms with Crippen molar-refractivity contribution in [2.45, 2.75) is 69.8 Å². The van der Waals surface area contributed by atoms with Crippen LogP contribution in [0, 0.1) is 22.1 Å². The minimum Gasteiger partial charge on any atom is -0.417 e. The van der Waals surface area contributed by atoms with Crippen LogP contribution in [0.1, 0.15) is 45.7 Å². The summed E-state index contributed by atoms with van der Waals surface area (Å²) in [7, 11) is -6.48. The van der Waals surface area contributed by atoms with E-state index in [1.54, 1.807) is 13.0 Å². The first-order chi connectivity index (χ1) is 18.0. The van der Waals surface area contributed by atoms with E-state index in [0.717, 1.165) is 4.57 Å². The SMILES string of the molecule is Cc1noc2c(F)c3c(cc12)n(S(=O)(=O)C1(CCO[Si](C)(C)C(C)(C)C)CC1)c(=O)n3-c1ccc(I)cc1F. The van der Waals surface area contributed by atoms with Crippen LogP contribution in [0.4, 0.5) is 8.78 Å². The molecule has 0 spiro atoms. The van der Waals surface area contributed by atoms with E-state index >= 15 is 8.78 Å². The first kappa shape index (κ1) is 28.4. The zero-order valence-corrected chi connectivity index (χ0v) is 26.5. The van der Waals surface area contributed by atoms with Crippen LogP contribution in [0.5, 0.6) is 0 Å². The monoisotopic (exact) mass is 689 g/mol. The fourth-order valence-electron chi connectivity index (χ4n) is 4.58. The van der Waals surface area contributed by atoms with Crippen molar-refractivity contribution in [2.24, 2.45) is 0 Å². The van der Waals surface area contributed by atoms with Gasteiger partial charge in [0.15, 0.2) is 14.1 Å². The molecule has 1 aliphatic rings. The number of nitrogens with zero attached hydrogens (tertiary/aromatic N) is 3. The van der Waals surface area contributed by atoms with Gasteiger partial charge in [0.1, 0.15) is 11.3 Å². The second-order valence-corrected chi connectivity index (χ2v) is 20.0. The normalized spacial score (nSPS) is 15.9. The van der Waals surface area contributed by atoms with Crippen LogP contribution in [0.25, 0.3) is 27.7 Å². The molecule has 5 rings (SSSR count). The molecular weight excluding hydrogens is 659 g/mol. The zero-order chi connectivity index (χ0) is 28.7. The molecule has 1 saturated carbocycles. The first-order valence-corrected chi connectivity index (χ1v) is 18.0. The maximum absolute atomic E-state index is 15.9. The van der Waals surface area contributed by atoms with Gasteiger partial charge in [-0.25, -0.2) is 22.0 Å². The zero-order valence-electron chi connectivity index (χ0n) is 22.6. The van der Waals surface area contributed by atoms with E-state index in [0.29, 0.717) is 26.1 Å². The average molecular weight is 690 g/mol. The van der Waals surface area contributed by atoms with E-state index in [2.05, 4.69) is 39.0 Å². The van der Waals surface area contributed by atoms with Crippen LogP contribution >= 0.6 is 22.6 Å². The number of hydrogen-bond donors (Lipinski definition) is 0. The highest BCUT2D eigenvalue weighted by Crippen LogP contribution is 2.49. The molecule has 4 aromatic rings. The molecule has 2 aromatic heterocycles. The van der Waals surface area contributed by atoms with Crippen molar-refractivity contribution in [1.82, 2.24) is 13.7 Å². The summed E-state index contributed by atoms with van der Waals surface area (Å²) in [5.41, 5.74) is -1.82. The van der Waals surface area contributed by atoms with Gasteiger partial charge in [0.25, 0.3) is 0 Å². The van der Waals surface area contributed by atoms with Gasteiger partial charge in [-0.1, -0.05) is 25.9 Å². The predicted molar refractivity (Wildman–Crippen MR) is 157 cm³/mol. The molecule has 0 amide bonds. The van der Waals surface area contributed by atoms with Gasteiger partial charge >= 0.3 is 5.69 Å². The third kappa shape index (κ3) is 4.39. The lowest BCUT2D eigenvalue weighted by molar-refractivity contribution is 0.277. The van der Waals surface area contributed by atoms with Gasteiger partial charge in [0.2, 0.25) is 15.6 Å². The average Bonchev–Trinajstić information content (AvgIpc) is 3.44. The summed E-state index contributed by atoms with van der Waals surface area (Å²) in [5.74, 6) is -1.78. The number of aromatic nitrogens is 3. The molecule has 13 heteroatoms. The Morgan fingerprint density at radius 3 is 2.46 bits per heavy atom. The van der Waals surface area contributed by atoms with Crippen molar-refractivity contribution >= 4 is 62.9 Å². The Hall–Kier alpha value is -2.10. The fraction of sp³-hybridized carbons (Fsp3) is 0.462. The molecule has 0 radical (unpaired) electrons. The van der Waals surface area contributed by atoms with Gasteiger partial charge < -0.3 is 8.95 Å². The molecule has 1 aliphatic carbocycles. The van der Waals surface area contributed by atoms with Gasteiger partial charge in [-0.3, -0.25) is 4.57 Å². The van der Waals surface area contributed by atoms with E-state index in [1.165, 1.54) is 18.2 Å². The molecule has 0 N–H and O–H groups in total. The molecule has 39 heavy (non-hydrogen) atoms. The van der Waals surface area contributed by atoms with Gasteiger partial charge in [-0.15, -0.1) is 0 Å². The number of rotatable bonds is 7. The minimum atomic E-state index is -4.35. The molecule has 8 nitrogen and oxygen atoms in total. The number of hydrogen-bond acceptors (Lipinski definition) is 6. The van der Waals surface area contributed by atoms with Crippen LogP contribution in [0.3, 0.4) is 0 Å². The Balaban J connectivity index is 1.71. The second kappa shape index (κ2) is 9.21. The van der Waals surface area contributed by atoms with Crippen LogP contribution in [-0.4, -0.2) is 41.8 Å². The summed E-state index contributed by atoms with van der Waals surface area (Å²) in [6, 6.07) is 5.44. The van der Waals surface area contributed by atoms with E-state index in [-0.39, 0.29) is 45.8 Å². The van der Waals surface area contributed by atoms with Crippen molar-refractivity contribution < 1.29 is 26.1 Å². The quantitative estimate of drug-likeness (QED) is 0.168. The van der Waals surface area contributed by atoms with Crippen LogP contribution in [0.15, 0.2) is 33.6 Å². The molecule has 2 aromatic carbocycles. The smallest absolute Gasteiger partial charge is 0.347 e. The summed E-state index contributed by atoms with van der Waals surface area (Å²) in [6.07, 6.45) is 0.865. The third-order valence-corrected chi connectivity index (χ3v) is 16.0. The Kier molecular flexibility index (Phi) is 6.71. The molecule has 0 aliphatic heterocycles. The Morgan fingerprint density at radius 2 is 1.87 bits per heavy atom. The number of fused-ring (bicyclic) bond motifs is 2. The summed E-state index contributed by atoms with van der Waals surface area (Å²) < 4.78 is 71.6. The molecule has 0 atom stereocenters. The topological polar surface area (TPSA) is 96.3 Å². The summed E-state index contributed by atoms with van der Waals surface area (Å²) in [6.45, 7) is 12.3. The number of imidazole rings is 1. The van der Waals surface area contributed by atoms with Crippen molar-refractivity contribution in [1.29, 1.82) is 0 Å². The van der Waals surface area contributed by atoms with Crippen molar-refractivity contribution in [3.63, 3.8) is 0 Å². The highest BCUT2D eigenvalue weighted by atomic mass is 127. The fourth-order valence-corrected chi connectivity index (χ4v) is 8.11. The summed E-state index contributed by atoms with van der Waals surface area (Å²) in [4.78, 5) is 13.9. The maximum atomic E-state index is 15.9.